The number of amides is 1. The van der Waals surface area contributed by atoms with E-state index in [1.54, 1.807) is 20.8 Å². The van der Waals surface area contributed by atoms with Gasteiger partial charge in [0.2, 0.25) is 0 Å². The average Bonchev–Trinajstić information content (AvgIpc) is 2.42. The minimum absolute atomic E-state index is 0.120. The minimum Gasteiger partial charge on any atom is -0.461 e. The summed E-state index contributed by atoms with van der Waals surface area (Å²) in [4.78, 5) is 24.3. The molecule has 23 heavy (non-hydrogen) atoms. The van der Waals surface area contributed by atoms with Gasteiger partial charge in [0.25, 0.3) is 0 Å². The van der Waals surface area contributed by atoms with E-state index in [0.29, 0.717) is 18.3 Å². The summed E-state index contributed by atoms with van der Waals surface area (Å²) in [5, 5.41) is 2.66. The largest absolute Gasteiger partial charge is 0.461 e. The number of alkyl carbamates (subject to hydrolysis) is 1. The monoisotopic (exact) mass is 327 g/mol. The molecule has 1 amide bonds. The van der Waals surface area contributed by atoms with Crippen LogP contribution in [0.4, 0.5) is 4.79 Å². The molecule has 0 saturated carbocycles. The number of hydrogen-bond donors (Lipinski definition) is 1. The SMILES string of the molecule is CC(C)C[C@@H]1CCCC[C@H](NC(=O)OC(C)(C)C)C(=O)O[C@H]1C. The molecule has 0 spiro atoms. The van der Waals surface area contributed by atoms with Crippen molar-refractivity contribution in [1.82, 2.24) is 5.32 Å². The van der Waals surface area contributed by atoms with Crippen LogP contribution in [0.2, 0.25) is 0 Å². The van der Waals surface area contributed by atoms with Gasteiger partial charge in [-0.3, -0.25) is 0 Å². The van der Waals surface area contributed by atoms with Crippen molar-refractivity contribution < 1.29 is 19.1 Å². The minimum atomic E-state index is -0.620. The van der Waals surface area contributed by atoms with Gasteiger partial charge >= 0.3 is 12.1 Å². The molecule has 1 aliphatic heterocycles. The molecule has 0 aromatic carbocycles. The van der Waals surface area contributed by atoms with Gasteiger partial charge in [0, 0.05) is 0 Å². The van der Waals surface area contributed by atoms with Crippen LogP contribution in [0.25, 0.3) is 0 Å². The van der Waals surface area contributed by atoms with Crippen molar-refractivity contribution in [2.24, 2.45) is 11.8 Å². The van der Waals surface area contributed by atoms with Crippen molar-refractivity contribution in [3.05, 3.63) is 0 Å². The van der Waals surface area contributed by atoms with Gasteiger partial charge in [-0.05, 0) is 58.8 Å². The summed E-state index contributed by atoms with van der Waals surface area (Å²) in [6.45, 7) is 11.7. The molecule has 0 bridgehead atoms. The van der Waals surface area contributed by atoms with Crippen LogP contribution in [-0.2, 0) is 14.3 Å². The first kappa shape index (κ1) is 19.8. The molecule has 134 valence electrons. The number of rotatable bonds is 3. The Bertz CT molecular complexity index is 400. The fourth-order valence-corrected chi connectivity index (χ4v) is 2.97. The van der Waals surface area contributed by atoms with E-state index in [0.717, 1.165) is 25.7 Å². The number of cyclic esters (lactones) is 1. The molecule has 1 saturated heterocycles. The summed E-state index contributed by atoms with van der Waals surface area (Å²) in [6, 6.07) is -0.620. The third kappa shape index (κ3) is 7.71. The fraction of sp³-hybridized carbons (Fsp3) is 0.889. The van der Waals surface area contributed by atoms with E-state index in [1.807, 2.05) is 6.92 Å². The number of hydrogen-bond acceptors (Lipinski definition) is 4. The number of ether oxygens (including phenoxy) is 2. The van der Waals surface area contributed by atoms with E-state index >= 15 is 0 Å². The predicted octanol–water partition coefficient (Wildman–Crippen LogP) is 4.05. The van der Waals surface area contributed by atoms with E-state index in [1.165, 1.54) is 0 Å². The van der Waals surface area contributed by atoms with Crippen LogP contribution in [0.3, 0.4) is 0 Å². The number of carbonyl (C=O) groups excluding carboxylic acids is 2. The Labute approximate surface area is 140 Å². The Kier molecular flexibility index (Phi) is 7.36. The molecule has 0 aliphatic carbocycles. The van der Waals surface area contributed by atoms with Crippen LogP contribution in [0.5, 0.6) is 0 Å². The standard InChI is InChI=1S/C18H33NO4/c1-12(2)11-14-9-7-8-10-15(16(20)22-13(14)3)19-17(21)23-18(4,5)6/h12-15H,7-11H2,1-6H3,(H,19,21)/t13-,14-,15-/m0/s1. The van der Waals surface area contributed by atoms with E-state index in [4.69, 9.17) is 9.47 Å². The highest BCUT2D eigenvalue weighted by atomic mass is 16.6. The Morgan fingerprint density at radius 2 is 1.91 bits per heavy atom. The highest BCUT2D eigenvalue weighted by molar-refractivity contribution is 5.81. The van der Waals surface area contributed by atoms with Crippen LogP contribution < -0.4 is 5.32 Å². The van der Waals surface area contributed by atoms with E-state index < -0.39 is 17.7 Å². The van der Waals surface area contributed by atoms with Gasteiger partial charge in [0.15, 0.2) is 0 Å². The highest BCUT2D eigenvalue weighted by Gasteiger charge is 2.30. The second-order valence-corrected chi connectivity index (χ2v) is 8.01. The Hall–Kier alpha value is -1.26. The van der Waals surface area contributed by atoms with Crippen molar-refractivity contribution >= 4 is 12.1 Å². The summed E-state index contributed by atoms with van der Waals surface area (Å²) in [6.07, 6.45) is 3.97. The van der Waals surface area contributed by atoms with Gasteiger partial charge in [-0.15, -0.1) is 0 Å². The van der Waals surface area contributed by atoms with Gasteiger partial charge in [0.05, 0.1) is 0 Å². The summed E-state index contributed by atoms with van der Waals surface area (Å²) in [5.74, 6) is 0.621. The van der Waals surface area contributed by atoms with Gasteiger partial charge < -0.3 is 14.8 Å². The zero-order chi connectivity index (χ0) is 17.6. The van der Waals surface area contributed by atoms with Crippen LogP contribution in [0.1, 0.15) is 73.6 Å². The molecule has 0 radical (unpaired) electrons. The highest BCUT2D eigenvalue weighted by Crippen LogP contribution is 2.26. The quantitative estimate of drug-likeness (QED) is 0.794. The summed E-state index contributed by atoms with van der Waals surface area (Å²) >= 11 is 0. The maximum absolute atomic E-state index is 12.4. The van der Waals surface area contributed by atoms with Crippen molar-refractivity contribution in [1.29, 1.82) is 0 Å². The second kappa shape index (κ2) is 8.55. The molecule has 0 aromatic heterocycles. The number of carbonyl (C=O) groups is 2. The van der Waals surface area contributed by atoms with Gasteiger partial charge in [-0.25, -0.2) is 9.59 Å². The lowest BCUT2D eigenvalue weighted by atomic mass is 9.88. The zero-order valence-electron chi connectivity index (χ0n) is 15.5. The maximum atomic E-state index is 12.4. The molecule has 0 unspecified atom stereocenters. The van der Waals surface area contributed by atoms with E-state index in [2.05, 4.69) is 19.2 Å². The Morgan fingerprint density at radius 1 is 1.30 bits per heavy atom. The molecular weight excluding hydrogens is 294 g/mol. The van der Waals surface area contributed by atoms with Crippen molar-refractivity contribution in [2.45, 2.75) is 91.4 Å². The predicted molar refractivity (Wildman–Crippen MR) is 90.1 cm³/mol. The lowest BCUT2D eigenvalue weighted by Crippen LogP contribution is -2.45. The van der Waals surface area contributed by atoms with E-state index in [9.17, 15) is 9.59 Å². The smallest absolute Gasteiger partial charge is 0.408 e. The molecule has 1 aliphatic rings. The topological polar surface area (TPSA) is 64.6 Å². The fourth-order valence-electron chi connectivity index (χ4n) is 2.97. The van der Waals surface area contributed by atoms with Crippen molar-refractivity contribution in [2.75, 3.05) is 0 Å². The van der Waals surface area contributed by atoms with Crippen LogP contribution >= 0.6 is 0 Å². The van der Waals surface area contributed by atoms with Crippen molar-refractivity contribution in [3.8, 4) is 0 Å². The first-order chi connectivity index (χ1) is 10.6. The summed E-state index contributed by atoms with van der Waals surface area (Å²) in [7, 11) is 0. The Morgan fingerprint density at radius 3 is 2.48 bits per heavy atom. The molecule has 3 atom stereocenters. The molecule has 5 nitrogen and oxygen atoms in total. The molecule has 0 aromatic rings. The first-order valence-corrected chi connectivity index (χ1v) is 8.78. The summed E-state index contributed by atoms with van der Waals surface area (Å²) < 4.78 is 10.9. The van der Waals surface area contributed by atoms with Gasteiger partial charge in [0.1, 0.15) is 17.7 Å². The summed E-state index contributed by atoms with van der Waals surface area (Å²) in [5.41, 5.74) is -0.581. The number of esters is 1. The molecular formula is C18H33NO4. The number of nitrogens with one attached hydrogen (secondary N) is 1. The first-order valence-electron chi connectivity index (χ1n) is 8.78. The van der Waals surface area contributed by atoms with Gasteiger partial charge in [-0.1, -0.05) is 26.7 Å². The zero-order valence-corrected chi connectivity index (χ0v) is 15.5. The van der Waals surface area contributed by atoms with Gasteiger partial charge in [-0.2, -0.15) is 0 Å². The Balaban J connectivity index is 2.66. The lowest BCUT2D eigenvalue weighted by molar-refractivity contribution is -0.153. The molecule has 1 fully saturated rings. The third-order valence-electron chi connectivity index (χ3n) is 4.03. The second-order valence-electron chi connectivity index (χ2n) is 8.01. The average molecular weight is 327 g/mol. The molecule has 1 N–H and O–H groups in total. The normalized spacial score (nSPS) is 26.7. The van der Waals surface area contributed by atoms with Crippen LogP contribution in [0, 0.1) is 11.8 Å². The van der Waals surface area contributed by atoms with E-state index in [-0.39, 0.29) is 12.1 Å². The lowest BCUT2D eigenvalue weighted by Gasteiger charge is -2.26. The molecule has 5 heteroatoms. The van der Waals surface area contributed by atoms with Crippen molar-refractivity contribution in [3.63, 3.8) is 0 Å². The van der Waals surface area contributed by atoms with Crippen LogP contribution in [-0.4, -0.2) is 29.8 Å². The molecule has 1 heterocycles. The molecule has 1 rings (SSSR count). The third-order valence-corrected chi connectivity index (χ3v) is 4.03. The maximum Gasteiger partial charge on any atom is 0.408 e. The van der Waals surface area contributed by atoms with Crippen LogP contribution in [0.15, 0.2) is 0 Å².